The number of fused-ring (bicyclic) bond motifs is 1. The summed E-state index contributed by atoms with van der Waals surface area (Å²) in [5.74, 6) is 1.63. The molecule has 0 radical (unpaired) electrons. The molecule has 0 saturated carbocycles. The van der Waals surface area contributed by atoms with E-state index in [1.165, 1.54) is 16.8 Å². The van der Waals surface area contributed by atoms with E-state index in [0.717, 1.165) is 85.4 Å². The molecule has 196 valence electrons. The first-order chi connectivity index (χ1) is 18.5. The number of anilines is 1. The van der Waals surface area contributed by atoms with Gasteiger partial charge in [0, 0.05) is 74.2 Å². The Hall–Kier alpha value is -3.32. The molecule has 0 amide bonds. The molecule has 0 spiro atoms. The Morgan fingerprint density at radius 1 is 0.974 bits per heavy atom. The third-order valence-electron chi connectivity index (χ3n) is 7.77. The number of ether oxygens (including phenoxy) is 1. The minimum absolute atomic E-state index is 0.755. The highest BCUT2D eigenvalue weighted by Crippen LogP contribution is 2.32. The molecular weight excluding hydrogens is 494 g/mol. The van der Waals surface area contributed by atoms with E-state index in [0.29, 0.717) is 0 Å². The van der Waals surface area contributed by atoms with E-state index in [9.17, 15) is 0 Å². The molecular formula is C31H34ClN5O. The maximum atomic E-state index is 6.28. The Morgan fingerprint density at radius 2 is 1.79 bits per heavy atom. The number of pyridine rings is 1. The Kier molecular flexibility index (Phi) is 7.11. The minimum Gasteiger partial charge on any atom is -0.455 e. The van der Waals surface area contributed by atoms with Crippen LogP contribution in [0.25, 0.3) is 16.6 Å². The van der Waals surface area contributed by atoms with E-state index in [1.54, 1.807) is 11.8 Å². The summed E-state index contributed by atoms with van der Waals surface area (Å²) in [5.41, 5.74) is 7.53. The number of likely N-dealkylation sites (N-methyl/N-ethyl adjacent to an activating group) is 1. The topological polar surface area (TPSA) is 47.6 Å². The van der Waals surface area contributed by atoms with Crippen molar-refractivity contribution in [1.82, 2.24) is 19.8 Å². The van der Waals surface area contributed by atoms with Crippen LogP contribution in [0.15, 0.2) is 72.6 Å². The van der Waals surface area contributed by atoms with Gasteiger partial charge in [-0.2, -0.15) is 0 Å². The van der Waals surface area contributed by atoms with Gasteiger partial charge < -0.3 is 19.5 Å². The highest BCUT2D eigenvalue weighted by atomic mass is 35.5. The molecule has 4 aromatic rings. The molecule has 0 aliphatic carbocycles. The van der Waals surface area contributed by atoms with Crippen LogP contribution in [0.2, 0.25) is 5.02 Å². The number of nitrogens with one attached hydrogen (secondary N) is 1. The zero-order valence-corrected chi connectivity index (χ0v) is 22.8. The molecule has 6 rings (SSSR count). The van der Waals surface area contributed by atoms with Gasteiger partial charge in [0.1, 0.15) is 17.1 Å². The number of benzene rings is 2. The molecule has 0 atom stereocenters. The zero-order valence-electron chi connectivity index (χ0n) is 22.1. The standard InChI is InChI=1S/C31H34ClN5O/c1-22-3-8-27(18-30(22)38-28-17-24-9-11-33-31(24)34-19-28)37-15-13-36(14-16-37)20-25-10-12-35(2)21-29(25)23-4-6-26(32)7-5-23/h3-9,11,17-19H,10,12-16,20-21H2,1-2H3,(H,33,34). The zero-order chi connectivity index (χ0) is 26.1. The van der Waals surface area contributed by atoms with Crippen molar-refractivity contribution in [3.05, 3.63) is 88.7 Å². The SMILES string of the molecule is Cc1ccc(N2CCN(CC3=C(c4ccc(Cl)cc4)CN(C)CC3)CC2)cc1Oc1cnc2[nH]ccc2c1. The highest BCUT2D eigenvalue weighted by Gasteiger charge is 2.23. The first kappa shape index (κ1) is 25.0. The lowest BCUT2D eigenvalue weighted by molar-refractivity contribution is 0.269. The third-order valence-corrected chi connectivity index (χ3v) is 8.02. The number of nitrogens with zero attached hydrogens (tertiary/aromatic N) is 4. The molecule has 1 fully saturated rings. The summed E-state index contributed by atoms with van der Waals surface area (Å²) in [6.45, 7) is 9.34. The van der Waals surface area contributed by atoms with Crippen LogP contribution in [0.5, 0.6) is 11.5 Å². The molecule has 38 heavy (non-hydrogen) atoms. The third kappa shape index (κ3) is 5.44. The maximum Gasteiger partial charge on any atom is 0.146 e. The van der Waals surface area contributed by atoms with Gasteiger partial charge in [0.15, 0.2) is 0 Å². The fourth-order valence-electron chi connectivity index (χ4n) is 5.49. The summed E-state index contributed by atoms with van der Waals surface area (Å²) in [6.07, 6.45) is 4.80. The lowest BCUT2D eigenvalue weighted by Crippen LogP contribution is -2.47. The fourth-order valence-corrected chi connectivity index (χ4v) is 5.62. The second-order valence-corrected chi connectivity index (χ2v) is 10.9. The van der Waals surface area contributed by atoms with E-state index < -0.39 is 0 Å². The van der Waals surface area contributed by atoms with Crippen LogP contribution in [0.4, 0.5) is 5.69 Å². The minimum atomic E-state index is 0.755. The average molecular weight is 528 g/mol. The van der Waals surface area contributed by atoms with Crippen molar-refractivity contribution in [2.24, 2.45) is 0 Å². The predicted octanol–water partition coefficient (Wildman–Crippen LogP) is 6.23. The summed E-state index contributed by atoms with van der Waals surface area (Å²) in [6, 6.07) is 18.9. The van der Waals surface area contributed by atoms with Crippen LogP contribution < -0.4 is 9.64 Å². The molecule has 2 aliphatic rings. The smallest absolute Gasteiger partial charge is 0.146 e. The van der Waals surface area contributed by atoms with E-state index in [1.807, 2.05) is 30.5 Å². The number of rotatable bonds is 6. The number of aryl methyl sites for hydroxylation is 1. The fraction of sp³-hybridized carbons (Fsp3) is 0.323. The van der Waals surface area contributed by atoms with Crippen LogP contribution in [0.1, 0.15) is 17.5 Å². The van der Waals surface area contributed by atoms with Crippen molar-refractivity contribution in [2.45, 2.75) is 13.3 Å². The summed E-state index contributed by atoms with van der Waals surface area (Å²) >= 11 is 6.16. The summed E-state index contributed by atoms with van der Waals surface area (Å²) < 4.78 is 6.28. The number of H-pyrrole nitrogens is 1. The van der Waals surface area contributed by atoms with Crippen molar-refractivity contribution in [3.63, 3.8) is 0 Å². The van der Waals surface area contributed by atoms with Gasteiger partial charge in [-0.25, -0.2) is 4.98 Å². The predicted molar refractivity (Wildman–Crippen MR) is 156 cm³/mol. The number of aromatic nitrogens is 2. The first-order valence-electron chi connectivity index (χ1n) is 13.4. The molecule has 2 aromatic carbocycles. The average Bonchev–Trinajstić information content (AvgIpc) is 3.40. The Labute approximate surface area is 229 Å². The van der Waals surface area contributed by atoms with Crippen molar-refractivity contribution in [2.75, 3.05) is 57.8 Å². The van der Waals surface area contributed by atoms with Crippen LogP contribution in [-0.2, 0) is 0 Å². The number of aromatic amines is 1. The first-order valence-corrected chi connectivity index (χ1v) is 13.7. The summed E-state index contributed by atoms with van der Waals surface area (Å²) in [5, 5.41) is 1.84. The van der Waals surface area contributed by atoms with Gasteiger partial charge in [0.05, 0.1) is 6.20 Å². The van der Waals surface area contributed by atoms with Crippen molar-refractivity contribution in [3.8, 4) is 11.5 Å². The second-order valence-electron chi connectivity index (χ2n) is 10.5. The van der Waals surface area contributed by atoms with Gasteiger partial charge in [-0.3, -0.25) is 4.90 Å². The van der Waals surface area contributed by atoms with Crippen molar-refractivity contribution >= 4 is 33.9 Å². The molecule has 6 nitrogen and oxygen atoms in total. The lowest BCUT2D eigenvalue weighted by atomic mass is 9.93. The van der Waals surface area contributed by atoms with Gasteiger partial charge >= 0.3 is 0 Å². The van der Waals surface area contributed by atoms with Crippen molar-refractivity contribution in [1.29, 1.82) is 0 Å². The Bertz CT molecular complexity index is 1450. The van der Waals surface area contributed by atoms with Gasteiger partial charge in [-0.1, -0.05) is 29.8 Å². The van der Waals surface area contributed by atoms with E-state index in [4.69, 9.17) is 16.3 Å². The van der Waals surface area contributed by atoms with Crippen LogP contribution in [0.3, 0.4) is 0 Å². The number of hydrogen-bond acceptors (Lipinski definition) is 5. The Balaban J connectivity index is 1.13. The monoisotopic (exact) mass is 527 g/mol. The van der Waals surface area contributed by atoms with Gasteiger partial charge in [0.2, 0.25) is 0 Å². The van der Waals surface area contributed by atoms with Gasteiger partial charge in [0.25, 0.3) is 0 Å². The molecule has 0 bridgehead atoms. The molecule has 4 heterocycles. The molecule has 2 aromatic heterocycles. The van der Waals surface area contributed by atoms with Crippen molar-refractivity contribution < 1.29 is 4.74 Å². The van der Waals surface area contributed by atoms with Gasteiger partial charge in [-0.05, 0) is 73.0 Å². The van der Waals surface area contributed by atoms with E-state index in [-0.39, 0.29) is 0 Å². The van der Waals surface area contributed by atoms with E-state index >= 15 is 0 Å². The number of piperazine rings is 1. The summed E-state index contributed by atoms with van der Waals surface area (Å²) in [4.78, 5) is 15.1. The normalized spacial score (nSPS) is 17.4. The Morgan fingerprint density at radius 3 is 2.61 bits per heavy atom. The maximum absolute atomic E-state index is 6.28. The summed E-state index contributed by atoms with van der Waals surface area (Å²) in [7, 11) is 2.21. The number of hydrogen-bond donors (Lipinski definition) is 1. The van der Waals surface area contributed by atoms with Crippen LogP contribution in [0, 0.1) is 6.92 Å². The molecule has 1 N–H and O–H groups in total. The quantitative estimate of drug-likeness (QED) is 0.322. The highest BCUT2D eigenvalue weighted by molar-refractivity contribution is 6.30. The van der Waals surface area contributed by atoms with E-state index in [2.05, 4.69) is 69.0 Å². The molecule has 1 saturated heterocycles. The lowest BCUT2D eigenvalue weighted by Gasteiger charge is -2.38. The number of halogens is 1. The van der Waals surface area contributed by atoms with Gasteiger partial charge in [-0.15, -0.1) is 0 Å². The molecule has 2 aliphatic heterocycles. The molecule has 0 unspecified atom stereocenters. The molecule has 7 heteroatoms. The van der Waals surface area contributed by atoms with Crippen LogP contribution in [-0.4, -0.2) is 72.6 Å². The largest absolute Gasteiger partial charge is 0.455 e. The second kappa shape index (κ2) is 10.8. The van der Waals surface area contributed by atoms with Crippen LogP contribution >= 0.6 is 11.6 Å².